The quantitative estimate of drug-likeness (QED) is 0.842. The Bertz CT molecular complexity index is 326. The summed E-state index contributed by atoms with van der Waals surface area (Å²) in [4.78, 5) is 4.93. The zero-order valence-corrected chi connectivity index (χ0v) is 10.9. The van der Waals surface area contributed by atoms with Crippen molar-refractivity contribution in [3.63, 3.8) is 0 Å². The van der Waals surface area contributed by atoms with Crippen LogP contribution in [0.5, 0.6) is 0 Å². The van der Waals surface area contributed by atoms with Crippen LogP contribution >= 0.6 is 0 Å². The molecule has 1 aliphatic rings. The van der Waals surface area contributed by atoms with Crippen LogP contribution in [-0.4, -0.2) is 50.1 Å². The summed E-state index contributed by atoms with van der Waals surface area (Å²) in [5.41, 5.74) is 2.78. The van der Waals surface area contributed by atoms with Crippen LogP contribution in [0.2, 0.25) is 0 Å². The number of likely N-dealkylation sites (N-methyl/N-ethyl adjacent to an activating group) is 1. The van der Waals surface area contributed by atoms with Crippen molar-refractivity contribution in [1.29, 1.82) is 0 Å². The number of benzene rings is 1. The molecule has 0 aliphatic carbocycles. The molecule has 94 valence electrons. The van der Waals surface area contributed by atoms with Crippen molar-refractivity contribution in [3.8, 4) is 0 Å². The molecule has 1 aromatic rings. The van der Waals surface area contributed by atoms with E-state index in [0.717, 1.165) is 13.1 Å². The Labute approximate surface area is 104 Å². The van der Waals surface area contributed by atoms with Gasteiger partial charge in [0.05, 0.1) is 0 Å². The van der Waals surface area contributed by atoms with E-state index in [4.69, 9.17) is 0 Å². The summed E-state index contributed by atoms with van der Waals surface area (Å²) in [5.74, 6) is 0. The van der Waals surface area contributed by atoms with Gasteiger partial charge >= 0.3 is 0 Å². The van der Waals surface area contributed by atoms with E-state index in [1.54, 1.807) is 0 Å². The third-order valence-electron chi connectivity index (χ3n) is 3.41. The molecular weight excluding hydrogens is 210 g/mol. The van der Waals surface area contributed by atoms with E-state index in [-0.39, 0.29) is 0 Å². The van der Waals surface area contributed by atoms with Crippen LogP contribution in [-0.2, 0) is 13.1 Å². The Hall–Kier alpha value is -0.900. The van der Waals surface area contributed by atoms with Crippen LogP contribution in [0, 0.1) is 0 Å². The molecular formula is C14H23N3. The molecule has 0 spiro atoms. The summed E-state index contributed by atoms with van der Waals surface area (Å²) in [6.45, 7) is 6.81. The third kappa shape index (κ3) is 3.80. The van der Waals surface area contributed by atoms with Crippen LogP contribution in [0.25, 0.3) is 0 Å². The topological polar surface area (TPSA) is 18.5 Å². The summed E-state index contributed by atoms with van der Waals surface area (Å²) < 4.78 is 0. The van der Waals surface area contributed by atoms with E-state index in [9.17, 15) is 0 Å². The number of nitrogens with zero attached hydrogens (tertiary/aromatic N) is 2. The summed E-state index contributed by atoms with van der Waals surface area (Å²) >= 11 is 0. The molecule has 1 saturated heterocycles. The third-order valence-corrected chi connectivity index (χ3v) is 3.41. The molecule has 0 bridgehead atoms. The minimum absolute atomic E-state index is 0.953. The Morgan fingerprint density at radius 3 is 2.18 bits per heavy atom. The first kappa shape index (κ1) is 12.6. The van der Waals surface area contributed by atoms with Crippen molar-refractivity contribution in [2.75, 3.05) is 40.3 Å². The minimum Gasteiger partial charge on any atom is -0.316 e. The van der Waals surface area contributed by atoms with E-state index in [0.29, 0.717) is 0 Å². The number of rotatable bonds is 4. The van der Waals surface area contributed by atoms with Gasteiger partial charge in [-0.25, -0.2) is 0 Å². The van der Waals surface area contributed by atoms with Crippen molar-refractivity contribution in [3.05, 3.63) is 35.4 Å². The Kier molecular flexibility index (Phi) is 4.54. The van der Waals surface area contributed by atoms with Crippen LogP contribution in [0.3, 0.4) is 0 Å². The molecule has 0 amide bonds. The molecule has 1 aromatic carbocycles. The molecule has 17 heavy (non-hydrogen) atoms. The number of nitrogens with one attached hydrogen (secondary N) is 1. The van der Waals surface area contributed by atoms with Gasteiger partial charge < -0.3 is 10.2 Å². The first-order valence-corrected chi connectivity index (χ1v) is 6.41. The maximum absolute atomic E-state index is 3.17. The van der Waals surface area contributed by atoms with Gasteiger partial charge in [-0.05, 0) is 25.2 Å². The van der Waals surface area contributed by atoms with Gasteiger partial charge in [0.2, 0.25) is 0 Å². The fourth-order valence-electron chi connectivity index (χ4n) is 2.23. The molecule has 0 radical (unpaired) electrons. The molecule has 0 unspecified atom stereocenters. The van der Waals surface area contributed by atoms with Gasteiger partial charge in [-0.1, -0.05) is 24.3 Å². The maximum Gasteiger partial charge on any atom is 0.0234 e. The lowest BCUT2D eigenvalue weighted by Crippen LogP contribution is -2.43. The molecule has 1 heterocycles. The van der Waals surface area contributed by atoms with Gasteiger partial charge in [-0.3, -0.25) is 4.90 Å². The Balaban J connectivity index is 1.86. The predicted octanol–water partition coefficient (Wildman–Crippen LogP) is 1.15. The highest BCUT2D eigenvalue weighted by atomic mass is 15.2. The van der Waals surface area contributed by atoms with E-state index in [2.05, 4.69) is 46.4 Å². The van der Waals surface area contributed by atoms with Crippen LogP contribution in [0.1, 0.15) is 11.1 Å². The fraction of sp³-hybridized carbons (Fsp3) is 0.571. The Morgan fingerprint density at radius 2 is 1.59 bits per heavy atom. The highest BCUT2D eigenvalue weighted by molar-refractivity contribution is 5.22. The van der Waals surface area contributed by atoms with E-state index >= 15 is 0 Å². The maximum atomic E-state index is 3.17. The van der Waals surface area contributed by atoms with Crippen LogP contribution < -0.4 is 5.32 Å². The number of hydrogen-bond donors (Lipinski definition) is 1. The number of piperazine rings is 1. The highest BCUT2D eigenvalue weighted by Gasteiger charge is 2.13. The average molecular weight is 233 g/mol. The SMILES string of the molecule is CNCc1ccc(CN2CCN(C)CC2)cc1. The largest absolute Gasteiger partial charge is 0.316 e. The van der Waals surface area contributed by atoms with Crippen molar-refractivity contribution in [2.24, 2.45) is 0 Å². The van der Waals surface area contributed by atoms with Gasteiger partial charge in [0.15, 0.2) is 0 Å². The molecule has 1 aliphatic heterocycles. The zero-order chi connectivity index (χ0) is 12.1. The zero-order valence-electron chi connectivity index (χ0n) is 10.9. The second-order valence-corrected chi connectivity index (χ2v) is 4.93. The van der Waals surface area contributed by atoms with Crippen molar-refractivity contribution >= 4 is 0 Å². The average Bonchev–Trinajstić information content (AvgIpc) is 2.35. The summed E-state index contributed by atoms with van der Waals surface area (Å²) in [7, 11) is 4.18. The highest BCUT2D eigenvalue weighted by Crippen LogP contribution is 2.09. The molecule has 0 aromatic heterocycles. The lowest BCUT2D eigenvalue weighted by Gasteiger charge is -2.32. The van der Waals surface area contributed by atoms with Gasteiger partial charge in [0.25, 0.3) is 0 Å². The second-order valence-electron chi connectivity index (χ2n) is 4.93. The molecule has 0 saturated carbocycles. The van der Waals surface area contributed by atoms with E-state index < -0.39 is 0 Å². The molecule has 0 atom stereocenters. The van der Waals surface area contributed by atoms with Crippen LogP contribution in [0.4, 0.5) is 0 Å². The van der Waals surface area contributed by atoms with Gasteiger partial charge in [-0.2, -0.15) is 0 Å². The molecule has 3 heteroatoms. The van der Waals surface area contributed by atoms with Gasteiger partial charge in [0.1, 0.15) is 0 Å². The lowest BCUT2D eigenvalue weighted by atomic mass is 10.1. The Morgan fingerprint density at radius 1 is 1.00 bits per heavy atom. The first-order chi connectivity index (χ1) is 8.28. The van der Waals surface area contributed by atoms with Crippen molar-refractivity contribution in [2.45, 2.75) is 13.1 Å². The standard InChI is InChI=1S/C14H23N3/c1-15-11-13-3-5-14(6-4-13)12-17-9-7-16(2)8-10-17/h3-6,15H,7-12H2,1-2H3. The fourth-order valence-corrected chi connectivity index (χ4v) is 2.23. The molecule has 2 rings (SSSR count). The molecule has 1 N–H and O–H groups in total. The predicted molar refractivity (Wildman–Crippen MR) is 72.0 cm³/mol. The number of hydrogen-bond acceptors (Lipinski definition) is 3. The molecule has 1 fully saturated rings. The summed E-state index contributed by atoms with van der Waals surface area (Å²) in [5, 5.41) is 3.17. The van der Waals surface area contributed by atoms with Crippen LogP contribution in [0.15, 0.2) is 24.3 Å². The van der Waals surface area contributed by atoms with Gasteiger partial charge in [0, 0.05) is 39.3 Å². The smallest absolute Gasteiger partial charge is 0.0234 e. The van der Waals surface area contributed by atoms with E-state index in [1.165, 1.54) is 37.3 Å². The monoisotopic (exact) mass is 233 g/mol. The van der Waals surface area contributed by atoms with E-state index in [1.807, 2.05) is 7.05 Å². The van der Waals surface area contributed by atoms with Gasteiger partial charge in [-0.15, -0.1) is 0 Å². The normalized spacial score (nSPS) is 18.5. The molecule has 3 nitrogen and oxygen atoms in total. The summed E-state index contributed by atoms with van der Waals surface area (Å²) in [6, 6.07) is 8.96. The first-order valence-electron chi connectivity index (χ1n) is 6.41. The van der Waals surface area contributed by atoms with Crippen molar-refractivity contribution in [1.82, 2.24) is 15.1 Å². The summed E-state index contributed by atoms with van der Waals surface area (Å²) in [6.07, 6.45) is 0. The minimum atomic E-state index is 0.953. The second kappa shape index (κ2) is 6.15. The lowest BCUT2D eigenvalue weighted by molar-refractivity contribution is 0.148. The van der Waals surface area contributed by atoms with Crippen molar-refractivity contribution < 1.29 is 0 Å².